The highest BCUT2D eigenvalue weighted by Crippen LogP contribution is 2.31. The number of benzene rings is 1. The number of halogens is 3. The van der Waals surface area contributed by atoms with E-state index >= 15 is 0 Å². The van der Waals surface area contributed by atoms with E-state index < -0.39 is 11.9 Å². The first-order valence-corrected chi connectivity index (χ1v) is 5.01. The number of nitrogens with two attached hydrogens (primary N) is 1. The molecule has 0 atom stereocenters. The van der Waals surface area contributed by atoms with Crippen molar-refractivity contribution in [2.24, 2.45) is 5.90 Å². The predicted octanol–water partition coefficient (Wildman–Crippen LogP) is 2.62. The van der Waals surface area contributed by atoms with Gasteiger partial charge in [0, 0.05) is 10.9 Å². The number of rotatable bonds is 3. The Morgan fingerprint density at radius 1 is 1.24 bits per heavy atom. The number of fused-ring (bicyclic) bond motifs is 1. The zero-order valence-electron chi connectivity index (χ0n) is 8.84. The van der Waals surface area contributed by atoms with Crippen LogP contribution in [0.4, 0.5) is 13.2 Å². The van der Waals surface area contributed by atoms with E-state index in [9.17, 15) is 13.2 Å². The molecule has 0 aliphatic carbocycles. The van der Waals surface area contributed by atoms with Crippen LogP contribution in [-0.2, 0) is 17.4 Å². The highest BCUT2D eigenvalue weighted by Gasteiger charge is 2.32. The molecule has 0 spiro atoms. The third kappa shape index (κ3) is 2.59. The van der Waals surface area contributed by atoms with Crippen LogP contribution in [0, 0.1) is 0 Å². The first kappa shape index (κ1) is 11.9. The van der Waals surface area contributed by atoms with Gasteiger partial charge < -0.3 is 9.82 Å². The lowest BCUT2D eigenvalue weighted by Gasteiger charge is -2.00. The summed E-state index contributed by atoms with van der Waals surface area (Å²) < 4.78 is 37.4. The standard InChI is InChI=1S/C11H11F3N2O/c12-11(13,14)10-6-8-5-7(3-4-17-15)1-2-9(8)16-10/h1-2,5-6,16H,3-4,15H2. The van der Waals surface area contributed by atoms with Crippen LogP contribution in [0.15, 0.2) is 24.3 Å². The molecule has 3 nitrogen and oxygen atoms in total. The van der Waals surface area contributed by atoms with Gasteiger partial charge in [0.25, 0.3) is 0 Å². The lowest BCUT2D eigenvalue weighted by molar-refractivity contribution is -0.140. The molecule has 92 valence electrons. The Morgan fingerprint density at radius 2 is 2.00 bits per heavy atom. The van der Waals surface area contributed by atoms with Crippen molar-refractivity contribution >= 4 is 10.9 Å². The number of nitrogens with one attached hydrogen (secondary N) is 1. The number of alkyl halides is 3. The molecule has 0 aliphatic rings. The molecule has 1 aromatic carbocycles. The molecule has 0 saturated heterocycles. The maximum Gasteiger partial charge on any atom is 0.431 e. The van der Waals surface area contributed by atoms with E-state index in [4.69, 9.17) is 5.90 Å². The van der Waals surface area contributed by atoms with Crippen LogP contribution in [-0.4, -0.2) is 11.6 Å². The number of hydrogen-bond donors (Lipinski definition) is 2. The van der Waals surface area contributed by atoms with Crippen molar-refractivity contribution in [2.75, 3.05) is 6.61 Å². The minimum atomic E-state index is -4.35. The number of aromatic amines is 1. The molecule has 0 aliphatic heterocycles. The topological polar surface area (TPSA) is 51.0 Å². The van der Waals surface area contributed by atoms with Crippen molar-refractivity contribution in [1.29, 1.82) is 0 Å². The summed E-state index contributed by atoms with van der Waals surface area (Å²) in [4.78, 5) is 6.77. The second kappa shape index (κ2) is 4.38. The van der Waals surface area contributed by atoms with Gasteiger partial charge in [-0.2, -0.15) is 13.2 Å². The van der Waals surface area contributed by atoms with Gasteiger partial charge in [0.05, 0.1) is 6.61 Å². The Kier molecular flexibility index (Phi) is 3.08. The Morgan fingerprint density at radius 3 is 2.65 bits per heavy atom. The van der Waals surface area contributed by atoms with Crippen molar-refractivity contribution in [1.82, 2.24) is 4.98 Å². The highest BCUT2D eigenvalue weighted by molar-refractivity contribution is 5.81. The summed E-state index contributed by atoms with van der Waals surface area (Å²) in [6, 6.07) is 6.16. The molecule has 6 heteroatoms. The zero-order chi connectivity index (χ0) is 12.5. The molecular formula is C11H11F3N2O. The molecule has 17 heavy (non-hydrogen) atoms. The highest BCUT2D eigenvalue weighted by atomic mass is 19.4. The molecule has 0 amide bonds. The van der Waals surface area contributed by atoms with E-state index in [1.165, 1.54) is 0 Å². The molecule has 1 aromatic heterocycles. The van der Waals surface area contributed by atoms with Crippen LogP contribution in [0.25, 0.3) is 10.9 Å². The predicted molar refractivity (Wildman–Crippen MR) is 57.1 cm³/mol. The molecule has 0 bridgehead atoms. The van der Waals surface area contributed by atoms with Gasteiger partial charge in [-0.3, -0.25) is 0 Å². The van der Waals surface area contributed by atoms with E-state index in [1.807, 2.05) is 0 Å². The van der Waals surface area contributed by atoms with Gasteiger partial charge in [0.15, 0.2) is 0 Å². The molecular weight excluding hydrogens is 233 g/mol. The minimum absolute atomic E-state index is 0.335. The third-order valence-electron chi connectivity index (χ3n) is 2.50. The molecule has 0 unspecified atom stereocenters. The zero-order valence-corrected chi connectivity index (χ0v) is 8.84. The normalized spacial score (nSPS) is 12.2. The van der Waals surface area contributed by atoms with Crippen molar-refractivity contribution < 1.29 is 18.0 Å². The summed E-state index contributed by atoms with van der Waals surface area (Å²) in [6.45, 7) is 0.335. The number of hydrogen-bond acceptors (Lipinski definition) is 2. The van der Waals surface area contributed by atoms with Crippen LogP contribution >= 0.6 is 0 Å². The van der Waals surface area contributed by atoms with E-state index in [0.29, 0.717) is 23.9 Å². The lowest BCUT2D eigenvalue weighted by Crippen LogP contribution is -2.04. The molecule has 3 N–H and O–H groups in total. The van der Waals surface area contributed by atoms with E-state index in [-0.39, 0.29) is 0 Å². The van der Waals surface area contributed by atoms with Gasteiger partial charge in [-0.15, -0.1) is 0 Å². The Bertz CT molecular complexity index is 519. The first-order chi connectivity index (χ1) is 8.00. The number of aromatic nitrogens is 1. The van der Waals surface area contributed by atoms with Gasteiger partial charge in [0.2, 0.25) is 0 Å². The smallest absolute Gasteiger partial charge is 0.351 e. The summed E-state index contributed by atoms with van der Waals surface area (Å²) in [6.07, 6.45) is -3.78. The van der Waals surface area contributed by atoms with Crippen molar-refractivity contribution in [3.05, 3.63) is 35.5 Å². The lowest BCUT2D eigenvalue weighted by atomic mass is 10.1. The summed E-state index contributed by atoms with van der Waals surface area (Å²) in [7, 11) is 0. The van der Waals surface area contributed by atoms with Gasteiger partial charge in [-0.1, -0.05) is 6.07 Å². The van der Waals surface area contributed by atoms with E-state index in [0.717, 1.165) is 11.6 Å². The Labute approximate surface area is 95.3 Å². The summed E-state index contributed by atoms with van der Waals surface area (Å²) >= 11 is 0. The van der Waals surface area contributed by atoms with Crippen molar-refractivity contribution in [2.45, 2.75) is 12.6 Å². The third-order valence-corrected chi connectivity index (χ3v) is 2.50. The van der Waals surface area contributed by atoms with Gasteiger partial charge in [-0.05, 0) is 30.2 Å². The summed E-state index contributed by atoms with van der Waals surface area (Å²) in [5.41, 5.74) is 0.616. The van der Waals surface area contributed by atoms with Crippen LogP contribution in [0.3, 0.4) is 0 Å². The molecule has 0 fully saturated rings. The first-order valence-electron chi connectivity index (χ1n) is 5.01. The van der Waals surface area contributed by atoms with Gasteiger partial charge >= 0.3 is 6.18 Å². The average Bonchev–Trinajstić information content (AvgIpc) is 2.68. The maximum absolute atomic E-state index is 12.5. The summed E-state index contributed by atoms with van der Waals surface area (Å²) in [5, 5.41) is 0.534. The minimum Gasteiger partial charge on any atom is -0.351 e. The summed E-state index contributed by atoms with van der Waals surface area (Å²) in [5.74, 6) is 4.90. The molecule has 2 aromatic rings. The largest absolute Gasteiger partial charge is 0.431 e. The van der Waals surface area contributed by atoms with Crippen LogP contribution < -0.4 is 5.90 Å². The quantitative estimate of drug-likeness (QED) is 0.815. The van der Waals surface area contributed by atoms with Crippen molar-refractivity contribution in [3.63, 3.8) is 0 Å². The Hall–Kier alpha value is -1.53. The van der Waals surface area contributed by atoms with Crippen LogP contribution in [0.5, 0.6) is 0 Å². The monoisotopic (exact) mass is 244 g/mol. The fraction of sp³-hybridized carbons (Fsp3) is 0.273. The number of H-pyrrole nitrogens is 1. The second-order valence-corrected chi connectivity index (χ2v) is 3.72. The van der Waals surface area contributed by atoms with E-state index in [2.05, 4.69) is 9.82 Å². The van der Waals surface area contributed by atoms with Gasteiger partial charge in [-0.25, -0.2) is 5.90 Å². The molecule has 2 rings (SSSR count). The molecule has 0 radical (unpaired) electrons. The fourth-order valence-electron chi connectivity index (χ4n) is 1.67. The van der Waals surface area contributed by atoms with Gasteiger partial charge in [0.1, 0.15) is 5.69 Å². The molecule has 1 heterocycles. The maximum atomic E-state index is 12.5. The fourth-order valence-corrected chi connectivity index (χ4v) is 1.67. The van der Waals surface area contributed by atoms with Crippen molar-refractivity contribution in [3.8, 4) is 0 Å². The molecule has 0 saturated carbocycles. The van der Waals surface area contributed by atoms with E-state index in [1.54, 1.807) is 18.2 Å². The van der Waals surface area contributed by atoms with Crippen LogP contribution in [0.2, 0.25) is 0 Å². The Balaban J connectivity index is 2.34. The second-order valence-electron chi connectivity index (χ2n) is 3.72. The van der Waals surface area contributed by atoms with Crippen LogP contribution in [0.1, 0.15) is 11.3 Å². The SMILES string of the molecule is NOCCc1ccc2[nH]c(C(F)(F)F)cc2c1. The average molecular weight is 244 g/mol.